The largest absolute Gasteiger partial charge is 0.481 e. The summed E-state index contributed by atoms with van der Waals surface area (Å²) in [5, 5.41) is 32.4. The van der Waals surface area contributed by atoms with Crippen molar-refractivity contribution in [1.29, 1.82) is 0 Å². The zero-order valence-corrected chi connectivity index (χ0v) is 34.1. The number of guanidine groups is 1. The number of primary amides is 2. The highest BCUT2D eigenvalue weighted by Crippen LogP contribution is 2.09. The van der Waals surface area contributed by atoms with Gasteiger partial charge in [-0.25, -0.2) is 0 Å². The first-order chi connectivity index (χ1) is 27.3. The van der Waals surface area contributed by atoms with Crippen molar-refractivity contribution in [1.82, 2.24) is 21.3 Å². The van der Waals surface area contributed by atoms with E-state index in [0.717, 1.165) is 26.3 Å². The molecule has 0 spiro atoms. The first kappa shape index (κ1) is 57.0. The summed E-state index contributed by atoms with van der Waals surface area (Å²) in [4.78, 5) is 108. The molecular formula is C36H63N11O12. The lowest BCUT2D eigenvalue weighted by Gasteiger charge is -2.27. The minimum Gasteiger partial charge on any atom is -0.481 e. The molecule has 1 aromatic rings. The van der Waals surface area contributed by atoms with E-state index in [0.29, 0.717) is 25.8 Å². The summed E-state index contributed by atoms with van der Waals surface area (Å²) in [6.07, 6.45) is 1.33. The molecule has 23 heteroatoms. The van der Waals surface area contributed by atoms with Crippen molar-refractivity contribution in [3.05, 3.63) is 35.9 Å². The van der Waals surface area contributed by atoms with Crippen LogP contribution in [0.1, 0.15) is 78.7 Å². The van der Waals surface area contributed by atoms with E-state index in [9.17, 15) is 28.8 Å². The Morgan fingerprint density at radius 3 is 1.56 bits per heavy atom. The molecule has 6 amide bonds. The highest BCUT2D eigenvalue weighted by Gasteiger charge is 2.33. The second-order valence-electron chi connectivity index (χ2n) is 13.1. The van der Waals surface area contributed by atoms with Gasteiger partial charge in [0.25, 0.3) is 17.9 Å². The van der Waals surface area contributed by atoms with Crippen LogP contribution in [0.15, 0.2) is 35.3 Å². The van der Waals surface area contributed by atoms with E-state index in [2.05, 4.69) is 26.3 Å². The number of carbonyl (C=O) groups is 9. The second-order valence-corrected chi connectivity index (χ2v) is 13.1. The van der Waals surface area contributed by atoms with E-state index in [4.69, 9.17) is 64.1 Å². The number of nitrogens with one attached hydrogen (secondary N) is 4. The zero-order chi connectivity index (χ0) is 46.2. The molecule has 0 fully saturated rings. The van der Waals surface area contributed by atoms with Crippen LogP contribution in [0.2, 0.25) is 0 Å². The first-order valence-corrected chi connectivity index (χ1v) is 18.3. The summed E-state index contributed by atoms with van der Waals surface area (Å²) in [5.74, 6) is -7.71. The van der Waals surface area contributed by atoms with Crippen LogP contribution in [0.4, 0.5) is 0 Å². The van der Waals surface area contributed by atoms with Gasteiger partial charge in [0.2, 0.25) is 35.4 Å². The Morgan fingerprint density at radius 1 is 0.644 bits per heavy atom. The number of carboxylic acid groups (broad SMARTS) is 3. The van der Waals surface area contributed by atoms with Crippen molar-refractivity contribution in [3.8, 4) is 0 Å². The number of amides is 6. The lowest BCUT2D eigenvalue weighted by Crippen LogP contribution is -2.60. The number of aliphatic imine (C=N–C) groups is 1. The van der Waals surface area contributed by atoms with Gasteiger partial charge in [-0.2, -0.15) is 0 Å². The van der Waals surface area contributed by atoms with Crippen LogP contribution in [0.25, 0.3) is 0 Å². The molecule has 0 saturated carbocycles. The molecule has 0 aliphatic carbocycles. The van der Waals surface area contributed by atoms with Gasteiger partial charge in [-0.05, 0) is 50.1 Å². The van der Waals surface area contributed by atoms with Crippen LogP contribution in [0, 0.1) is 5.92 Å². The van der Waals surface area contributed by atoms with E-state index in [1.807, 2.05) is 0 Å². The smallest absolute Gasteiger partial charge is 0.300 e. The maximum atomic E-state index is 13.4. The molecule has 59 heavy (non-hydrogen) atoms. The van der Waals surface area contributed by atoms with Crippen molar-refractivity contribution < 1.29 is 58.5 Å². The summed E-state index contributed by atoms with van der Waals surface area (Å²) in [5.41, 5.74) is 33.8. The average Bonchev–Trinajstić information content (AvgIpc) is 3.10. The van der Waals surface area contributed by atoms with Crippen molar-refractivity contribution in [2.24, 2.45) is 45.3 Å². The minimum absolute atomic E-state index is 0.0903. The van der Waals surface area contributed by atoms with Crippen LogP contribution in [-0.4, -0.2) is 118 Å². The summed E-state index contributed by atoms with van der Waals surface area (Å²) in [6.45, 7) is 7.18. The monoisotopic (exact) mass is 841 g/mol. The topological polar surface area (TPSA) is 431 Å². The van der Waals surface area contributed by atoms with E-state index < -0.39 is 95.9 Å². The number of hydrogen-bond donors (Lipinski definition) is 13. The maximum Gasteiger partial charge on any atom is 0.300 e. The fourth-order valence-electron chi connectivity index (χ4n) is 4.50. The molecular weight excluding hydrogens is 778 g/mol. The molecule has 334 valence electrons. The molecule has 0 saturated heterocycles. The van der Waals surface area contributed by atoms with Gasteiger partial charge in [-0.3, -0.25) is 48.1 Å². The van der Waals surface area contributed by atoms with Gasteiger partial charge in [0.05, 0.1) is 12.5 Å². The lowest BCUT2D eigenvalue weighted by molar-refractivity contribution is -0.136. The van der Waals surface area contributed by atoms with Crippen LogP contribution < -0.4 is 55.7 Å². The van der Waals surface area contributed by atoms with E-state index >= 15 is 0 Å². The van der Waals surface area contributed by atoms with Gasteiger partial charge in [0.15, 0.2) is 5.96 Å². The number of rotatable bonds is 22. The molecule has 0 bridgehead atoms. The normalized spacial score (nSPS) is 12.5. The highest BCUT2D eigenvalue weighted by molar-refractivity contribution is 5.97. The van der Waals surface area contributed by atoms with E-state index in [-0.39, 0.29) is 31.8 Å². The van der Waals surface area contributed by atoms with Gasteiger partial charge < -0.3 is 71.0 Å². The highest BCUT2D eigenvalue weighted by atomic mass is 16.4. The molecule has 23 nitrogen and oxygen atoms in total. The Hall–Kier alpha value is -6.36. The number of carbonyl (C=O) groups excluding carboxylic acids is 6. The third kappa shape index (κ3) is 33.5. The van der Waals surface area contributed by atoms with Gasteiger partial charge >= 0.3 is 0 Å². The number of hydrogen-bond acceptors (Lipinski definition) is 12. The Bertz CT molecular complexity index is 1480. The van der Waals surface area contributed by atoms with Crippen LogP contribution in [0.3, 0.4) is 0 Å². The van der Waals surface area contributed by atoms with Crippen molar-refractivity contribution in [3.63, 3.8) is 0 Å². The fourth-order valence-corrected chi connectivity index (χ4v) is 4.50. The SMILES string of the molecule is CC(=O)O.CC(=O)O.CC(=O)O.CC(C)[C@H](NC(=O)[C@H](CC(N)=O)NC(=O)[C@H](CCCCN)NC(=O)[C@H](N)CCCN=C(N)N)C(=O)N[C@H](Cc1ccccc1)C(N)=O. The van der Waals surface area contributed by atoms with Crippen LogP contribution in [0.5, 0.6) is 0 Å². The molecule has 1 aromatic carbocycles. The summed E-state index contributed by atoms with van der Waals surface area (Å²) >= 11 is 0. The number of nitrogens with two attached hydrogens (primary N) is 6. The van der Waals surface area contributed by atoms with Gasteiger partial charge in [-0.15, -0.1) is 0 Å². The van der Waals surface area contributed by atoms with Gasteiger partial charge in [-0.1, -0.05) is 44.2 Å². The van der Waals surface area contributed by atoms with Crippen molar-refractivity contribution in [2.75, 3.05) is 13.1 Å². The Kier molecular flexibility index (Phi) is 31.6. The van der Waals surface area contributed by atoms with Crippen LogP contribution in [-0.2, 0) is 49.6 Å². The van der Waals surface area contributed by atoms with E-state index in [1.54, 1.807) is 44.2 Å². The summed E-state index contributed by atoms with van der Waals surface area (Å²) in [7, 11) is 0. The Balaban J connectivity index is -0.00000228. The number of aliphatic carboxylic acids is 3. The van der Waals surface area contributed by atoms with Gasteiger partial charge in [0.1, 0.15) is 24.2 Å². The molecule has 5 atom stereocenters. The molecule has 0 aliphatic rings. The zero-order valence-electron chi connectivity index (χ0n) is 34.1. The van der Waals surface area contributed by atoms with Gasteiger partial charge in [0, 0.05) is 33.7 Å². The number of carboxylic acids is 3. The predicted molar refractivity (Wildman–Crippen MR) is 216 cm³/mol. The Morgan fingerprint density at radius 2 is 1.12 bits per heavy atom. The molecule has 0 aromatic heterocycles. The standard InChI is InChI=1S/C30H51N11O6.3C2H4O2/c1-17(2)24(29(47)39-21(25(34)43)15-18-9-4-3-5-10-18)41-28(46)22(16-23(33)42)40-27(45)20(12-6-7-13-31)38-26(44)19(32)11-8-14-37-30(35)36;3*1-2(3)4/h3-5,9-10,17,19-22,24H,6-8,11-16,31-32H2,1-2H3,(H2,33,42)(H2,34,43)(H,38,44)(H,39,47)(H,40,45)(H,41,46)(H4,35,36,37);3*1H3,(H,3,4)/t19-,20+,21-,22+,24+;;;/m1.../s1. The van der Waals surface area contributed by atoms with E-state index in [1.165, 1.54) is 0 Å². The van der Waals surface area contributed by atoms with Crippen molar-refractivity contribution in [2.45, 2.75) is 110 Å². The summed E-state index contributed by atoms with van der Waals surface area (Å²) < 4.78 is 0. The third-order valence-corrected chi connectivity index (χ3v) is 7.11. The predicted octanol–water partition coefficient (Wildman–Crippen LogP) is -3.03. The molecule has 1 rings (SSSR count). The third-order valence-electron chi connectivity index (χ3n) is 7.11. The first-order valence-electron chi connectivity index (χ1n) is 18.3. The Labute approximate surface area is 342 Å². The quantitative estimate of drug-likeness (QED) is 0.0314. The lowest BCUT2D eigenvalue weighted by atomic mass is 10.00. The maximum absolute atomic E-state index is 13.4. The number of nitrogens with zero attached hydrogens (tertiary/aromatic N) is 1. The minimum atomic E-state index is -1.49. The molecule has 0 heterocycles. The molecule has 0 unspecified atom stereocenters. The average molecular weight is 842 g/mol. The molecule has 19 N–H and O–H groups in total. The second kappa shape index (κ2) is 32.7. The summed E-state index contributed by atoms with van der Waals surface area (Å²) in [6, 6.07) is 3.06. The number of benzene rings is 1. The van der Waals surface area contributed by atoms with Crippen molar-refractivity contribution >= 4 is 59.3 Å². The molecule has 0 radical (unpaired) electrons. The molecule has 0 aliphatic heterocycles. The van der Waals surface area contributed by atoms with Crippen LogP contribution >= 0.6 is 0 Å². The fraction of sp³-hybridized carbons (Fsp3) is 0.556. The number of unbranched alkanes of at least 4 members (excludes halogenated alkanes) is 1.